The maximum Gasteiger partial charge on any atom is 0.166 e. The third-order valence-corrected chi connectivity index (χ3v) is 0.702. The number of ether oxygens (including phenoxy) is 2. The first kappa shape index (κ1) is 8.84. The largest absolute Gasteiger partial charge is 0.367 e. The van der Waals surface area contributed by atoms with Crippen LogP contribution in [0.25, 0.3) is 0 Å². The Morgan fingerprint density at radius 1 is 1.22 bits per heavy atom. The molecule has 56 valence electrons. The van der Waals surface area contributed by atoms with Gasteiger partial charge in [0.25, 0.3) is 0 Å². The third-order valence-electron chi connectivity index (χ3n) is 0.702. The van der Waals surface area contributed by atoms with Crippen molar-refractivity contribution in [1.82, 2.24) is 5.06 Å². The fourth-order valence-corrected chi connectivity index (χ4v) is 0.362. The summed E-state index contributed by atoms with van der Waals surface area (Å²) in [4.78, 5) is 4.92. The molecule has 0 aliphatic rings. The SMILES string of the molecule is COCON(C)COC. The summed E-state index contributed by atoms with van der Waals surface area (Å²) in [6.07, 6.45) is 0. The molecule has 0 aliphatic heterocycles. The van der Waals surface area contributed by atoms with E-state index in [1.54, 1.807) is 26.3 Å². The second-order valence-corrected chi connectivity index (χ2v) is 1.58. The third kappa shape index (κ3) is 5.72. The second kappa shape index (κ2) is 5.97. The molecule has 0 saturated heterocycles. The van der Waals surface area contributed by atoms with Crippen LogP contribution in [0.3, 0.4) is 0 Å². The maximum atomic E-state index is 4.92. The molecule has 4 heteroatoms. The molecule has 0 aromatic heterocycles. The first-order chi connectivity index (χ1) is 4.31. The Balaban J connectivity index is 2.95. The minimum Gasteiger partial charge on any atom is -0.367 e. The highest BCUT2D eigenvalue weighted by atomic mass is 16.8. The van der Waals surface area contributed by atoms with Crippen molar-refractivity contribution in [2.24, 2.45) is 0 Å². The molecular weight excluding hydrogens is 122 g/mol. The molecule has 0 amide bonds. The number of hydrogen-bond acceptors (Lipinski definition) is 4. The molecule has 9 heavy (non-hydrogen) atoms. The van der Waals surface area contributed by atoms with Gasteiger partial charge in [-0.2, -0.15) is 5.06 Å². The minimum atomic E-state index is 0.264. The van der Waals surface area contributed by atoms with Crippen molar-refractivity contribution in [2.45, 2.75) is 0 Å². The van der Waals surface area contributed by atoms with Crippen molar-refractivity contribution in [3.63, 3.8) is 0 Å². The van der Waals surface area contributed by atoms with Gasteiger partial charge < -0.3 is 9.47 Å². The van der Waals surface area contributed by atoms with Gasteiger partial charge in [0.1, 0.15) is 6.73 Å². The summed E-state index contributed by atoms with van der Waals surface area (Å²) in [5.41, 5.74) is 0. The standard InChI is InChI=1S/C5H13NO3/c1-6(4-7-2)9-5-8-3/h4-5H2,1-3H3. The maximum absolute atomic E-state index is 4.92. The molecule has 0 bridgehead atoms. The van der Waals surface area contributed by atoms with Gasteiger partial charge in [-0.1, -0.05) is 0 Å². The quantitative estimate of drug-likeness (QED) is 0.394. The van der Waals surface area contributed by atoms with Crippen molar-refractivity contribution < 1.29 is 14.3 Å². The summed E-state index contributed by atoms with van der Waals surface area (Å²) in [7, 11) is 4.94. The Bertz CT molecular complexity index is 60.2. The molecule has 0 atom stereocenters. The molecule has 0 saturated carbocycles. The van der Waals surface area contributed by atoms with Crippen LogP contribution in [-0.4, -0.2) is 39.9 Å². The van der Waals surface area contributed by atoms with Crippen LogP contribution in [0.15, 0.2) is 0 Å². The molecular formula is C5H13NO3. The Labute approximate surface area is 55.3 Å². The van der Waals surface area contributed by atoms with E-state index in [4.69, 9.17) is 9.57 Å². The van der Waals surface area contributed by atoms with Gasteiger partial charge in [-0.15, -0.1) is 0 Å². The Kier molecular flexibility index (Phi) is 5.86. The van der Waals surface area contributed by atoms with Gasteiger partial charge in [-0.05, 0) is 0 Å². The molecule has 0 rings (SSSR count). The fraction of sp³-hybridized carbons (Fsp3) is 1.00. The Hall–Kier alpha value is -0.160. The zero-order chi connectivity index (χ0) is 7.11. The van der Waals surface area contributed by atoms with Crippen molar-refractivity contribution >= 4 is 0 Å². The minimum absolute atomic E-state index is 0.264. The lowest BCUT2D eigenvalue weighted by Crippen LogP contribution is -2.22. The molecule has 0 aromatic rings. The molecule has 0 N–H and O–H groups in total. The van der Waals surface area contributed by atoms with Gasteiger partial charge >= 0.3 is 0 Å². The number of methoxy groups -OCH3 is 2. The van der Waals surface area contributed by atoms with Crippen molar-refractivity contribution in [1.29, 1.82) is 0 Å². The first-order valence-electron chi connectivity index (χ1n) is 2.63. The molecule has 0 spiro atoms. The topological polar surface area (TPSA) is 30.9 Å². The van der Waals surface area contributed by atoms with Crippen LogP contribution in [0.4, 0.5) is 0 Å². The summed E-state index contributed by atoms with van der Waals surface area (Å²) in [6, 6.07) is 0. The predicted molar refractivity (Wildman–Crippen MR) is 32.6 cm³/mol. The highest BCUT2D eigenvalue weighted by Crippen LogP contribution is 1.83. The van der Waals surface area contributed by atoms with Crippen LogP contribution in [0, 0.1) is 0 Å². The average Bonchev–Trinajstić information content (AvgIpc) is 1.85. The van der Waals surface area contributed by atoms with E-state index in [0.717, 1.165) is 0 Å². The molecule has 0 fully saturated rings. The number of hydroxylamine groups is 2. The Morgan fingerprint density at radius 2 is 1.89 bits per heavy atom. The van der Waals surface area contributed by atoms with E-state index in [1.807, 2.05) is 0 Å². The zero-order valence-electron chi connectivity index (χ0n) is 6.09. The van der Waals surface area contributed by atoms with Gasteiger partial charge in [0, 0.05) is 21.3 Å². The molecule has 0 aliphatic carbocycles. The van der Waals surface area contributed by atoms with Crippen LogP contribution in [0.1, 0.15) is 0 Å². The monoisotopic (exact) mass is 135 g/mol. The van der Waals surface area contributed by atoms with Crippen LogP contribution in [0.2, 0.25) is 0 Å². The van der Waals surface area contributed by atoms with E-state index in [1.165, 1.54) is 0 Å². The smallest absolute Gasteiger partial charge is 0.166 e. The van der Waals surface area contributed by atoms with Crippen LogP contribution in [-0.2, 0) is 14.3 Å². The lowest BCUT2D eigenvalue weighted by atomic mass is 11.1. The summed E-state index contributed by atoms with van der Waals surface area (Å²) in [5, 5.41) is 1.55. The molecule has 0 radical (unpaired) electrons. The summed E-state index contributed by atoms with van der Waals surface area (Å²) in [6.45, 7) is 0.712. The predicted octanol–water partition coefficient (Wildman–Crippen LogP) is 0.0576. The molecule has 4 nitrogen and oxygen atoms in total. The molecule has 0 heterocycles. The van der Waals surface area contributed by atoms with Crippen LogP contribution in [0.5, 0.6) is 0 Å². The van der Waals surface area contributed by atoms with Gasteiger partial charge in [0.15, 0.2) is 6.79 Å². The lowest BCUT2D eigenvalue weighted by molar-refractivity contribution is -0.233. The highest BCUT2D eigenvalue weighted by Gasteiger charge is 1.92. The number of hydrogen-bond donors (Lipinski definition) is 0. The van der Waals surface area contributed by atoms with Crippen LogP contribution >= 0.6 is 0 Å². The molecule has 0 aromatic carbocycles. The van der Waals surface area contributed by atoms with Crippen LogP contribution < -0.4 is 0 Å². The normalized spacial score (nSPS) is 10.7. The second-order valence-electron chi connectivity index (χ2n) is 1.58. The Morgan fingerprint density at radius 3 is 2.33 bits per heavy atom. The van der Waals surface area contributed by atoms with Crippen molar-refractivity contribution in [3.05, 3.63) is 0 Å². The highest BCUT2D eigenvalue weighted by molar-refractivity contribution is 4.13. The van der Waals surface area contributed by atoms with E-state index < -0.39 is 0 Å². The van der Waals surface area contributed by atoms with E-state index in [-0.39, 0.29) is 6.79 Å². The van der Waals surface area contributed by atoms with Crippen molar-refractivity contribution in [3.8, 4) is 0 Å². The first-order valence-corrected chi connectivity index (χ1v) is 2.63. The summed E-state index contributed by atoms with van der Waals surface area (Å²) < 4.78 is 9.39. The van der Waals surface area contributed by atoms with E-state index in [2.05, 4.69) is 4.74 Å². The van der Waals surface area contributed by atoms with E-state index >= 15 is 0 Å². The van der Waals surface area contributed by atoms with Gasteiger partial charge in [-0.3, -0.25) is 4.84 Å². The van der Waals surface area contributed by atoms with Gasteiger partial charge in [0.2, 0.25) is 0 Å². The summed E-state index contributed by atoms with van der Waals surface area (Å²) >= 11 is 0. The molecule has 0 unspecified atom stereocenters. The number of nitrogens with zero attached hydrogens (tertiary/aromatic N) is 1. The van der Waals surface area contributed by atoms with E-state index in [9.17, 15) is 0 Å². The summed E-state index contributed by atoms with van der Waals surface area (Å²) in [5.74, 6) is 0. The zero-order valence-corrected chi connectivity index (χ0v) is 6.09. The van der Waals surface area contributed by atoms with E-state index in [0.29, 0.717) is 6.73 Å². The van der Waals surface area contributed by atoms with Crippen molar-refractivity contribution in [2.75, 3.05) is 34.8 Å². The fourth-order valence-electron chi connectivity index (χ4n) is 0.362. The number of rotatable bonds is 5. The van der Waals surface area contributed by atoms with Gasteiger partial charge in [0.05, 0.1) is 0 Å². The average molecular weight is 135 g/mol. The lowest BCUT2D eigenvalue weighted by Gasteiger charge is -2.13. The van der Waals surface area contributed by atoms with Gasteiger partial charge in [-0.25, -0.2) is 0 Å².